The SMILES string of the molecule is CCNC(=NCCCc1ccccc1)NCCCCN1CCCC1.I. The van der Waals surface area contributed by atoms with Crippen LogP contribution in [-0.2, 0) is 6.42 Å². The molecule has 0 bridgehead atoms. The number of halogens is 1. The maximum atomic E-state index is 4.69. The Hall–Kier alpha value is -0.820. The average Bonchev–Trinajstić information content (AvgIpc) is 3.12. The molecule has 0 atom stereocenters. The van der Waals surface area contributed by atoms with Crippen LogP contribution in [0.15, 0.2) is 35.3 Å². The summed E-state index contributed by atoms with van der Waals surface area (Å²) in [6.07, 6.45) is 7.46. The Bertz CT molecular complexity index is 458. The van der Waals surface area contributed by atoms with Crippen LogP contribution >= 0.6 is 24.0 Å². The van der Waals surface area contributed by atoms with Crippen molar-refractivity contribution in [3.63, 3.8) is 0 Å². The molecule has 1 fully saturated rings. The highest BCUT2D eigenvalue weighted by molar-refractivity contribution is 14.0. The minimum Gasteiger partial charge on any atom is -0.357 e. The number of rotatable bonds is 10. The van der Waals surface area contributed by atoms with Crippen LogP contribution in [0.4, 0.5) is 0 Å². The summed E-state index contributed by atoms with van der Waals surface area (Å²) in [4.78, 5) is 7.27. The first-order chi connectivity index (χ1) is 11.9. The molecule has 2 N–H and O–H groups in total. The molecule has 0 unspecified atom stereocenters. The van der Waals surface area contributed by atoms with Gasteiger partial charge in [-0.1, -0.05) is 30.3 Å². The summed E-state index contributed by atoms with van der Waals surface area (Å²) < 4.78 is 0. The summed E-state index contributed by atoms with van der Waals surface area (Å²) in [5, 5.41) is 6.81. The summed E-state index contributed by atoms with van der Waals surface area (Å²) in [5.74, 6) is 0.965. The number of aliphatic imine (C=N–C) groups is 1. The average molecular weight is 458 g/mol. The van der Waals surface area contributed by atoms with E-state index in [1.165, 1.54) is 50.9 Å². The lowest BCUT2D eigenvalue weighted by molar-refractivity contribution is 0.330. The van der Waals surface area contributed by atoms with Crippen LogP contribution < -0.4 is 10.6 Å². The van der Waals surface area contributed by atoms with E-state index in [0.717, 1.165) is 38.4 Å². The van der Waals surface area contributed by atoms with Crippen molar-refractivity contribution < 1.29 is 0 Å². The molecule has 1 aliphatic rings. The molecule has 25 heavy (non-hydrogen) atoms. The highest BCUT2D eigenvalue weighted by Crippen LogP contribution is 2.07. The van der Waals surface area contributed by atoms with Crippen LogP contribution in [0.25, 0.3) is 0 Å². The molecule has 4 nitrogen and oxygen atoms in total. The van der Waals surface area contributed by atoms with Crippen LogP contribution in [0.1, 0.15) is 44.6 Å². The number of nitrogens with zero attached hydrogens (tertiary/aromatic N) is 2. The molecule has 0 aromatic heterocycles. The Labute approximate surface area is 170 Å². The molecule has 0 saturated carbocycles. The van der Waals surface area contributed by atoms with Crippen molar-refractivity contribution >= 4 is 29.9 Å². The fraction of sp³-hybridized carbons (Fsp3) is 0.650. The van der Waals surface area contributed by atoms with E-state index in [9.17, 15) is 0 Å². The molecule has 1 aliphatic heterocycles. The summed E-state index contributed by atoms with van der Waals surface area (Å²) in [6.45, 7) is 8.79. The van der Waals surface area contributed by atoms with Gasteiger partial charge in [-0.05, 0) is 70.6 Å². The molecule has 1 saturated heterocycles. The van der Waals surface area contributed by atoms with Crippen LogP contribution in [0.5, 0.6) is 0 Å². The van der Waals surface area contributed by atoms with Gasteiger partial charge in [0.25, 0.3) is 0 Å². The first kappa shape index (κ1) is 22.2. The zero-order chi connectivity index (χ0) is 16.9. The van der Waals surface area contributed by atoms with E-state index < -0.39 is 0 Å². The molecule has 0 spiro atoms. The Kier molecular flexibility index (Phi) is 12.8. The summed E-state index contributed by atoms with van der Waals surface area (Å²) >= 11 is 0. The number of benzene rings is 1. The van der Waals surface area contributed by atoms with Crippen molar-refractivity contribution in [3.8, 4) is 0 Å². The highest BCUT2D eigenvalue weighted by Gasteiger charge is 2.09. The number of nitrogens with one attached hydrogen (secondary N) is 2. The fourth-order valence-electron chi connectivity index (χ4n) is 3.13. The first-order valence-corrected chi connectivity index (χ1v) is 9.67. The second kappa shape index (κ2) is 14.4. The Balaban J connectivity index is 0.00000312. The summed E-state index contributed by atoms with van der Waals surface area (Å²) in [7, 11) is 0. The van der Waals surface area contributed by atoms with Gasteiger partial charge in [-0.15, -0.1) is 24.0 Å². The van der Waals surface area contributed by atoms with Crippen LogP contribution in [0.3, 0.4) is 0 Å². The lowest BCUT2D eigenvalue weighted by Gasteiger charge is -2.15. The van der Waals surface area contributed by atoms with Crippen molar-refractivity contribution in [1.82, 2.24) is 15.5 Å². The lowest BCUT2D eigenvalue weighted by Crippen LogP contribution is -2.38. The minimum absolute atomic E-state index is 0. The molecule has 2 rings (SSSR count). The van der Waals surface area contributed by atoms with E-state index in [4.69, 9.17) is 0 Å². The maximum Gasteiger partial charge on any atom is 0.191 e. The van der Waals surface area contributed by atoms with Gasteiger partial charge in [0.05, 0.1) is 0 Å². The quantitative estimate of drug-likeness (QED) is 0.243. The van der Waals surface area contributed by atoms with E-state index in [2.05, 4.69) is 57.8 Å². The van der Waals surface area contributed by atoms with Gasteiger partial charge in [-0.2, -0.15) is 0 Å². The topological polar surface area (TPSA) is 39.7 Å². The second-order valence-electron chi connectivity index (χ2n) is 6.53. The third-order valence-corrected chi connectivity index (χ3v) is 4.47. The summed E-state index contributed by atoms with van der Waals surface area (Å²) in [5.41, 5.74) is 1.40. The van der Waals surface area contributed by atoms with Crippen molar-refractivity contribution in [2.45, 2.75) is 45.4 Å². The Morgan fingerprint density at radius 3 is 2.52 bits per heavy atom. The van der Waals surface area contributed by atoms with E-state index in [1.54, 1.807) is 0 Å². The molecule has 1 aromatic carbocycles. The zero-order valence-electron chi connectivity index (χ0n) is 15.7. The predicted octanol–water partition coefficient (Wildman–Crippen LogP) is 3.67. The second-order valence-corrected chi connectivity index (χ2v) is 6.53. The van der Waals surface area contributed by atoms with Gasteiger partial charge < -0.3 is 15.5 Å². The summed E-state index contributed by atoms with van der Waals surface area (Å²) in [6, 6.07) is 10.7. The maximum absolute atomic E-state index is 4.69. The van der Waals surface area contributed by atoms with Gasteiger partial charge in [-0.25, -0.2) is 0 Å². The van der Waals surface area contributed by atoms with Crippen LogP contribution in [0, 0.1) is 0 Å². The molecule has 0 radical (unpaired) electrons. The van der Waals surface area contributed by atoms with Gasteiger partial charge in [-0.3, -0.25) is 4.99 Å². The van der Waals surface area contributed by atoms with Gasteiger partial charge >= 0.3 is 0 Å². The molecule has 142 valence electrons. The molecular weight excluding hydrogens is 423 g/mol. The lowest BCUT2D eigenvalue weighted by atomic mass is 10.1. The number of hydrogen-bond donors (Lipinski definition) is 2. The van der Waals surface area contributed by atoms with E-state index in [-0.39, 0.29) is 24.0 Å². The van der Waals surface area contributed by atoms with Crippen LogP contribution in [-0.4, -0.2) is 50.1 Å². The standard InChI is InChI=1S/C20H34N4.HI/c1-2-21-20(22-14-6-7-16-24-17-8-9-18-24)23-15-10-13-19-11-4-3-5-12-19;/h3-5,11-12H,2,6-10,13-18H2,1H3,(H2,21,22,23);1H. The van der Waals surface area contributed by atoms with Gasteiger partial charge in [0.1, 0.15) is 0 Å². The Morgan fingerprint density at radius 2 is 1.80 bits per heavy atom. The fourth-order valence-corrected chi connectivity index (χ4v) is 3.13. The van der Waals surface area contributed by atoms with E-state index >= 15 is 0 Å². The molecule has 1 aromatic rings. The largest absolute Gasteiger partial charge is 0.357 e. The molecular formula is C20H35IN4. The first-order valence-electron chi connectivity index (χ1n) is 9.67. The third-order valence-electron chi connectivity index (χ3n) is 4.47. The molecule has 5 heteroatoms. The highest BCUT2D eigenvalue weighted by atomic mass is 127. The third kappa shape index (κ3) is 10.0. The van der Waals surface area contributed by atoms with Crippen molar-refractivity contribution in [1.29, 1.82) is 0 Å². The number of hydrogen-bond acceptors (Lipinski definition) is 2. The predicted molar refractivity (Wildman–Crippen MR) is 119 cm³/mol. The van der Waals surface area contributed by atoms with Gasteiger partial charge in [0, 0.05) is 19.6 Å². The number of unbranched alkanes of at least 4 members (excludes halogenated alkanes) is 1. The number of likely N-dealkylation sites (tertiary alicyclic amines) is 1. The number of guanidine groups is 1. The minimum atomic E-state index is 0. The van der Waals surface area contributed by atoms with Gasteiger partial charge in [0.15, 0.2) is 5.96 Å². The smallest absolute Gasteiger partial charge is 0.191 e. The van der Waals surface area contributed by atoms with Crippen molar-refractivity contribution in [2.24, 2.45) is 4.99 Å². The zero-order valence-corrected chi connectivity index (χ0v) is 18.0. The van der Waals surface area contributed by atoms with Crippen LogP contribution in [0.2, 0.25) is 0 Å². The Morgan fingerprint density at radius 1 is 1.04 bits per heavy atom. The van der Waals surface area contributed by atoms with Crippen molar-refractivity contribution in [2.75, 3.05) is 39.3 Å². The van der Waals surface area contributed by atoms with Gasteiger partial charge in [0.2, 0.25) is 0 Å². The van der Waals surface area contributed by atoms with E-state index in [0.29, 0.717) is 0 Å². The molecule has 0 aliphatic carbocycles. The number of aryl methyl sites for hydroxylation is 1. The molecule has 0 amide bonds. The molecule has 1 heterocycles. The van der Waals surface area contributed by atoms with Crippen molar-refractivity contribution in [3.05, 3.63) is 35.9 Å². The van der Waals surface area contributed by atoms with E-state index in [1.807, 2.05) is 0 Å². The normalized spacial score (nSPS) is 15.0. The monoisotopic (exact) mass is 458 g/mol.